The highest BCUT2D eigenvalue weighted by Gasteiger charge is 2.18. The number of piperidine rings is 1. The molecule has 21 heavy (non-hydrogen) atoms. The molecule has 0 aromatic carbocycles. The number of carbonyl (C=O) groups excluding carboxylic acids is 1. The second-order valence-corrected chi connectivity index (χ2v) is 6.17. The maximum absolute atomic E-state index is 12.1. The third kappa shape index (κ3) is 4.56. The Bertz CT molecular complexity index is 451. The van der Waals surface area contributed by atoms with E-state index in [4.69, 9.17) is 0 Å². The third-order valence-electron chi connectivity index (χ3n) is 4.39. The maximum atomic E-state index is 12.1. The molecule has 1 fully saturated rings. The molecule has 1 amide bonds. The highest BCUT2D eigenvalue weighted by atomic mass is 16.2. The lowest BCUT2D eigenvalue weighted by Crippen LogP contribution is -2.39. The summed E-state index contributed by atoms with van der Waals surface area (Å²) in [6, 6.07) is 0.572. The first-order valence-corrected chi connectivity index (χ1v) is 8.10. The molecule has 2 atom stereocenters. The summed E-state index contributed by atoms with van der Waals surface area (Å²) in [6.45, 7) is 8.96. The zero-order chi connectivity index (χ0) is 15.2. The van der Waals surface area contributed by atoms with Gasteiger partial charge >= 0.3 is 0 Å². The van der Waals surface area contributed by atoms with Crippen LogP contribution in [0.2, 0.25) is 0 Å². The smallest absolute Gasteiger partial charge is 0.223 e. The van der Waals surface area contributed by atoms with Gasteiger partial charge in [-0.15, -0.1) is 0 Å². The summed E-state index contributed by atoms with van der Waals surface area (Å²) < 4.78 is 1.99. The molecule has 0 unspecified atom stereocenters. The van der Waals surface area contributed by atoms with E-state index in [0.717, 1.165) is 32.5 Å². The molecule has 2 heterocycles. The first-order chi connectivity index (χ1) is 10.1. The minimum Gasteiger partial charge on any atom is -0.343 e. The number of carbonyl (C=O) groups is 1. The summed E-state index contributed by atoms with van der Waals surface area (Å²) >= 11 is 0. The van der Waals surface area contributed by atoms with Crippen molar-refractivity contribution in [2.24, 2.45) is 0 Å². The van der Waals surface area contributed by atoms with Crippen LogP contribution in [0.3, 0.4) is 0 Å². The Balaban J connectivity index is 1.71. The molecule has 118 valence electrons. The molecule has 1 aromatic rings. The summed E-state index contributed by atoms with van der Waals surface area (Å²) in [5.74, 6) is 0.289. The highest BCUT2D eigenvalue weighted by Crippen LogP contribution is 2.12. The van der Waals surface area contributed by atoms with E-state index in [9.17, 15) is 4.79 Å². The lowest BCUT2D eigenvalue weighted by Gasteiger charge is -2.27. The van der Waals surface area contributed by atoms with E-state index in [2.05, 4.69) is 30.5 Å². The van der Waals surface area contributed by atoms with Gasteiger partial charge < -0.3 is 10.2 Å². The Morgan fingerprint density at radius 1 is 1.33 bits per heavy atom. The monoisotopic (exact) mass is 292 g/mol. The minimum absolute atomic E-state index is 0.281. The normalized spacial score (nSPS) is 18.5. The number of hydrogen-bond donors (Lipinski definition) is 1. The maximum Gasteiger partial charge on any atom is 0.223 e. The fraction of sp³-hybridized carbons (Fsp3) is 0.750. The van der Waals surface area contributed by atoms with Crippen molar-refractivity contribution in [2.75, 3.05) is 19.6 Å². The lowest BCUT2D eigenvalue weighted by atomic mass is 10.1. The number of nitrogens with zero attached hydrogens (tertiary/aromatic N) is 3. The van der Waals surface area contributed by atoms with Gasteiger partial charge in [0.2, 0.25) is 5.91 Å². The van der Waals surface area contributed by atoms with E-state index in [0.29, 0.717) is 12.5 Å². The summed E-state index contributed by atoms with van der Waals surface area (Å²) in [5, 5.41) is 7.81. The molecule has 0 aliphatic carbocycles. The van der Waals surface area contributed by atoms with Gasteiger partial charge in [-0.1, -0.05) is 0 Å². The number of nitrogens with one attached hydrogen (secondary N) is 1. The van der Waals surface area contributed by atoms with Gasteiger partial charge in [-0.2, -0.15) is 5.10 Å². The average molecular weight is 292 g/mol. The van der Waals surface area contributed by atoms with Crippen LogP contribution in [-0.2, 0) is 4.79 Å². The van der Waals surface area contributed by atoms with Gasteiger partial charge in [0.25, 0.3) is 0 Å². The van der Waals surface area contributed by atoms with Crippen LogP contribution >= 0.6 is 0 Å². The standard InChI is InChI=1S/C16H28N4O/c1-13-11-18-20(12-13)15(3)14(2)17-8-7-16(21)19-9-5-4-6-10-19/h11-12,14-15,17H,4-10H2,1-3H3/t14-,15-/m1/s1. The molecule has 5 heteroatoms. The molecule has 0 radical (unpaired) electrons. The second-order valence-electron chi connectivity index (χ2n) is 6.17. The Hall–Kier alpha value is -1.36. The molecule has 0 bridgehead atoms. The predicted octanol–water partition coefficient (Wildman–Crippen LogP) is 2.13. The van der Waals surface area contributed by atoms with E-state index >= 15 is 0 Å². The van der Waals surface area contributed by atoms with E-state index in [1.54, 1.807) is 0 Å². The van der Waals surface area contributed by atoms with Crippen molar-refractivity contribution in [3.05, 3.63) is 18.0 Å². The van der Waals surface area contributed by atoms with Crippen molar-refractivity contribution < 1.29 is 4.79 Å². The van der Waals surface area contributed by atoms with Crippen molar-refractivity contribution in [3.8, 4) is 0 Å². The first kappa shape index (κ1) is 16.0. The fourth-order valence-corrected chi connectivity index (χ4v) is 2.76. The quantitative estimate of drug-likeness (QED) is 0.874. The van der Waals surface area contributed by atoms with Crippen LogP contribution in [0.1, 0.15) is 51.1 Å². The van der Waals surface area contributed by atoms with Crippen LogP contribution < -0.4 is 5.32 Å². The number of rotatable bonds is 6. The highest BCUT2D eigenvalue weighted by molar-refractivity contribution is 5.76. The van der Waals surface area contributed by atoms with Gasteiger partial charge in [0.1, 0.15) is 0 Å². The molecular weight excluding hydrogens is 264 g/mol. The summed E-state index contributed by atoms with van der Waals surface area (Å²) in [4.78, 5) is 14.1. The number of likely N-dealkylation sites (tertiary alicyclic amines) is 1. The number of hydrogen-bond acceptors (Lipinski definition) is 3. The van der Waals surface area contributed by atoms with Crippen LogP contribution in [0.5, 0.6) is 0 Å². The Morgan fingerprint density at radius 2 is 2.05 bits per heavy atom. The van der Waals surface area contributed by atoms with Gasteiger partial charge in [-0.25, -0.2) is 0 Å². The summed E-state index contributed by atoms with van der Waals surface area (Å²) in [6.07, 6.45) is 8.11. The van der Waals surface area contributed by atoms with E-state index in [-0.39, 0.29) is 11.9 Å². The molecule has 1 N–H and O–H groups in total. The van der Waals surface area contributed by atoms with Crippen LogP contribution in [0, 0.1) is 6.92 Å². The summed E-state index contributed by atoms with van der Waals surface area (Å²) in [7, 11) is 0. The van der Waals surface area contributed by atoms with E-state index < -0.39 is 0 Å². The molecule has 5 nitrogen and oxygen atoms in total. The van der Waals surface area contributed by atoms with Gasteiger partial charge in [0.05, 0.1) is 12.2 Å². The van der Waals surface area contributed by atoms with Gasteiger partial charge in [0, 0.05) is 38.3 Å². The van der Waals surface area contributed by atoms with Gasteiger partial charge in [0.15, 0.2) is 0 Å². The van der Waals surface area contributed by atoms with Gasteiger partial charge in [-0.05, 0) is 45.6 Å². The van der Waals surface area contributed by atoms with Crippen molar-refractivity contribution >= 4 is 5.91 Å². The fourth-order valence-electron chi connectivity index (χ4n) is 2.76. The first-order valence-electron chi connectivity index (χ1n) is 8.10. The minimum atomic E-state index is 0.281. The van der Waals surface area contributed by atoms with Crippen molar-refractivity contribution in [3.63, 3.8) is 0 Å². The van der Waals surface area contributed by atoms with Crippen LogP contribution in [0.25, 0.3) is 0 Å². The van der Waals surface area contributed by atoms with Crippen molar-refractivity contribution in [1.29, 1.82) is 0 Å². The number of aryl methyl sites for hydroxylation is 1. The Morgan fingerprint density at radius 3 is 2.67 bits per heavy atom. The van der Waals surface area contributed by atoms with Gasteiger partial charge in [-0.3, -0.25) is 9.48 Å². The third-order valence-corrected chi connectivity index (χ3v) is 4.39. The largest absolute Gasteiger partial charge is 0.343 e. The topological polar surface area (TPSA) is 50.2 Å². The molecule has 2 rings (SSSR count). The van der Waals surface area contributed by atoms with E-state index in [1.807, 2.05) is 22.7 Å². The molecule has 1 saturated heterocycles. The van der Waals surface area contributed by atoms with Crippen LogP contribution in [-0.4, -0.2) is 46.3 Å². The molecular formula is C16H28N4O. The molecule has 0 spiro atoms. The number of amides is 1. The molecule has 1 aromatic heterocycles. The second kappa shape index (κ2) is 7.59. The summed E-state index contributed by atoms with van der Waals surface area (Å²) in [5.41, 5.74) is 1.18. The predicted molar refractivity (Wildman–Crippen MR) is 84.2 cm³/mol. The van der Waals surface area contributed by atoms with Crippen LogP contribution in [0.4, 0.5) is 0 Å². The molecule has 1 aliphatic rings. The molecule has 0 saturated carbocycles. The van der Waals surface area contributed by atoms with Crippen LogP contribution in [0.15, 0.2) is 12.4 Å². The average Bonchev–Trinajstić information content (AvgIpc) is 2.93. The van der Waals surface area contributed by atoms with E-state index in [1.165, 1.54) is 12.0 Å². The molecule has 1 aliphatic heterocycles. The number of aromatic nitrogens is 2. The van der Waals surface area contributed by atoms with Crippen molar-refractivity contribution in [2.45, 2.75) is 58.5 Å². The lowest BCUT2D eigenvalue weighted by molar-refractivity contribution is -0.132. The Kier molecular flexibility index (Phi) is 5.79. The SMILES string of the molecule is Cc1cnn([C@H](C)[C@@H](C)NCCC(=O)N2CCCCC2)c1. The van der Waals surface area contributed by atoms with Crippen molar-refractivity contribution in [1.82, 2.24) is 20.0 Å². The Labute approximate surface area is 127 Å². The zero-order valence-electron chi connectivity index (χ0n) is 13.5. The zero-order valence-corrected chi connectivity index (χ0v) is 13.5.